The van der Waals surface area contributed by atoms with Crippen LogP contribution >= 0.6 is 15.9 Å². The molecule has 1 fully saturated rings. The van der Waals surface area contributed by atoms with E-state index in [9.17, 15) is 4.79 Å². The van der Waals surface area contributed by atoms with Gasteiger partial charge in [0.2, 0.25) is 0 Å². The molecule has 1 heterocycles. The molecule has 0 unspecified atom stereocenters. The standard InChI is InChI=1S/C16H23BrN2O/c1-3-19-9-7-15(8-10-19)18(2)12-16(20)13-5-4-6-14(17)11-13/h4-6,11,15H,3,7-10,12H2,1-2H3. The molecule has 1 saturated heterocycles. The number of benzene rings is 1. The fraction of sp³-hybridized carbons (Fsp3) is 0.562. The Balaban J connectivity index is 1.88. The van der Waals surface area contributed by atoms with Crippen molar-refractivity contribution in [3.8, 4) is 0 Å². The maximum absolute atomic E-state index is 12.3. The van der Waals surface area contributed by atoms with E-state index in [2.05, 4.69) is 39.7 Å². The first-order valence-corrected chi connectivity index (χ1v) is 8.10. The van der Waals surface area contributed by atoms with Gasteiger partial charge in [-0.2, -0.15) is 0 Å². The molecular weight excluding hydrogens is 316 g/mol. The summed E-state index contributed by atoms with van der Waals surface area (Å²) in [5, 5.41) is 0. The normalized spacial score (nSPS) is 17.6. The Kier molecular flexibility index (Phi) is 5.75. The number of hydrogen-bond donors (Lipinski definition) is 0. The molecule has 3 nitrogen and oxygen atoms in total. The Bertz CT molecular complexity index is 456. The van der Waals surface area contributed by atoms with E-state index in [0.29, 0.717) is 12.6 Å². The molecule has 1 aromatic rings. The number of ketones is 1. The van der Waals surface area contributed by atoms with E-state index in [1.165, 1.54) is 0 Å². The summed E-state index contributed by atoms with van der Waals surface area (Å²) in [6, 6.07) is 8.18. The molecular formula is C16H23BrN2O. The third kappa shape index (κ3) is 4.14. The van der Waals surface area contributed by atoms with Crippen molar-refractivity contribution < 1.29 is 4.79 Å². The number of nitrogens with zero attached hydrogens (tertiary/aromatic N) is 2. The van der Waals surface area contributed by atoms with Crippen LogP contribution in [0.1, 0.15) is 30.1 Å². The largest absolute Gasteiger partial charge is 0.303 e. The predicted molar refractivity (Wildman–Crippen MR) is 86.2 cm³/mol. The number of halogens is 1. The van der Waals surface area contributed by atoms with Crippen molar-refractivity contribution in [3.63, 3.8) is 0 Å². The first kappa shape index (κ1) is 15.7. The van der Waals surface area contributed by atoms with Gasteiger partial charge in [-0.3, -0.25) is 9.69 Å². The number of Topliss-reactive ketones (excluding diaryl/α,β-unsaturated/α-hetero) is 1. The number of carbonyl (C=O) groups excluding carboxylic acids is 1. The summed E-state index contributed by atoms with van der Waals surface area (Å²) < 4.78 is 0.960. The Labute approximate surface area is 130 Å². The van der Waals surface area contributed by atoms with Gasteiger partial charge in [0.25, 0.3) is 0 Å². The van der Waals surface area contributed by atoms with Gasteiger partial charge in [0.1, 0.15) is 0 Å². The summed E-state index contributed by atoms with van der Waals surface area (Å²) >= 11 is 3.42. The number of piperidine rings is 1. The maximum atomic E-state index is 12.3. The second kappa shape index (κ2) is 7.34. The van der Waals surface area contributed by atoms with Crippen LogP contribution in [-0.2, 0) is 0 Å². The third-order valence-electron chi connectivity index (χ3n) is 4.17. The Hall–Kier alpha value is -0.710. The predicted octanol–water partition coefficient (Wildman–Crippen LogP) is 3.05. The molecule has 0 aliphatic carbocycles. The average Bonchev–Trinajstić information content (AvgIpc) is 2.47. The average molecular weight is 339 g/mol. The number of likely N-dealkylation sites (tertiary alicyclic amines) is 1. The highest BCUT2D eigenvalue weighted by Crippen LogP contribution is 2.17. The molecule has 0 aromatic heterocycles. The van der Waals surface area contributed by atoms with Crippen LogP contribution in [0.2, 0.25) is 0 Å². The van der Waals surface area contributed by atoms with Crippen molar-refractivity contribution in [1.29, 1.82) is 0 Å². The topological polar surface area (TPSA) is 23.6 Å². The van der Waals surface area contributed by atoms with Gasteiger partial charge < -0.3 is 4.90 Å². The first-order chi connectivity index (χ1) is 9.60. The zero-order chi connectivity index (χ0) is 14.5. The fourth-order valence-electron chi connectivity index (χ4n) is 2.79. The molecule has 0 radical (unpaired) electrons. The molecule has 0 amide bonds. The lowest BCUT2D eigenvalue weighted by molar-refractivity contribution is 0.0858. The number of likely N-dealkylation sites (N-methyl/N-ethyl adjacent to an activating group) is 1. The van der Waals surface area contributed by atoms with Crippen molar-refractivity contribution >= 4 is 21.7 Å². The van der Waals surface area contributed by atoms with Crippen LogP contribution in [0.15, 0.2) is 28.7 Å². The van der Waals surface area contributed by atoms with Gasteiger partial charge in [0, 0.05) is 16.1 Å². The van der Waals surface area contributed by atoms with Gasteiger partial charge in [-0.15, -0.1) is 0 Å². The molecule has 1 aliphatic heterocycles. The van der Waals surface area contributed by atoms with Crippen LogP contribution in [0.4, 0.5) is 0 Å². The minimum atomic E-state index is 0.201. The fourth-order valence-corrected chi connectivity index (χ4v) is 3.18. The van der Waals surface area contributed by atoms with Gasteiger partial charge >= 0.3 is 0 Å². The minimum Gasteiger partial charge on any atom is -0.303 e. The van der Waals surface area contributed by atoms with Gasteiger partial charge in [0.05, 0.1) is 6.54 Å². The van der Waals surface area contributed by atoms with Crippen LogP contribution in [0, 0.1) is 0 Å². The quantitative estimate of drug-likeness (QED) is 0.771. The molecule has 4 heteroatoms. The minimum absolute atomic E-state index is 0.201. The van der Waals surface area contributed by atoms with Crippen molar-refractivity contribution in [1.82, 2.24) is 9.80 Å². The summed E-state index contributed by atoms with van der Waals surface area (Å²) in [4.78, 5) is 17.0. The summed E-state index contributed by atoms with van der Waals surface area (Å²) in [5.74, 6) is 0.201. The van der Waals surface area contributed by atoms with E-state index in [1.54, 1.807) is 0 Å². The van der Waals surface area contributed by atoms with Crippen LogP contribution in [0.25, 0.3) is 0 Å². The summed E-state index contributed by atoms with van der Waals surface area (Å²) in [6.45, 7) is 6.15. The molecule has 0 N–H and O–H groups in total. The Morgan fingerprint density at radius 3 is 2.70 bits per heavy atom. The second-order valence-electron chi connectivity index (χ2n) is 5.51. The smallest absolute Gasteiger partial charge is 0.176 e. The van der Waals surface area contributed by atoms with Crippen molar-refractivity contribution in [2.75, 3.05) is 33.2 Å². The monoisotopic (exact) mass is 338 g/mol. The van der Waals surface area contributed by atoms with Crippen LogP contribution in [0.5, 0.6) is 0 Å². The highest BCUT2D eigenvalue weighted by atomic mass is 79.9. The van der Waals surface area contributed by atoms with E-state index in [0.717, 1.165) is 42.5 Å². The molecule has 0 saturated carbocycles. The molecule has 0 spiro atoms. The number of hydrogen-bond acceptors (Lipinski definition) is 3. The number of carbonyl (C=O) groups is 1. The molecule has 0 bridgehead atoms. The third-order valence-corrected chi connectivity index (χ3v) is 4.66. The Morgan fingerprint density at radius 2 is 2.10 bits per heavy atom. The number of rotatable bonds is 5. The van der Waals surface area contributed by atoms with E-state index in [4.69, 9.17) is 0 Å². The van der Waals surface area contributed by atoms with Gasteiger partial charge in [-0.25, -0.2) is 0 Å². The lowest BCUT2D eigenvalue weighted by Gasteiger charge is -2.36. The first-order valence-electron chi connectivity index (χ1n) is 7.31. The van der Waals surface area contributed by atoms with Crippen LogP contribution in [0.3, 0.4) is 0 Å². The molecule has 110 valence electrons. The van der Waals surface area contributed by atoms with Crippen molar-refractivity contribution in [2.45, 2.75) is 25.8 Å². The van der Waals surface area contributed by atoms with Crippen LogP contribution in [-0.4, -0.2) is 54.9 Å². The highest BCUT2D eigenvalue weighted by molar-refractivity contribution is 9.10. The SMILES string of the molecule is CCN1CCC(N(C)CC(=O)c2cccc(Br)c2)CC1. The summed E-state index contributed by atoms with van der Waals surface area (Å²) in [7, 11) is 2.07. The van der Waals surface area contributed by atoms with Crippen molar-refractivity contribution in [2.24, 2.45) is 0 Å². The lowest BCUT2D eigenvalue weighted by Crippen LogP contribution is -2.44. The van der Waals surface area contributed by atoms with E-state index in [1.807, 2.05) is 24.3 Å². The Morgan fingerprint density at radius 1 is 1.40 bits per heavy atom. The molecule has 1 aromatic carbocycles. The second-order valence-corrected chi connectivity index (χ2v) is 6.43. The molecule has 0 atom stereocenters. The summed E-state index contributed by atoms with van der Waals surface area (Å²) in [6.07, 6.45) is 2.33. The van der Waals surface area contributed by atoms with E-state index < -0.39 is 0 Å². The van der Waals surface area contributed by atoms with E-state index in [-0.39, 0.29) is 5.78 Å². The van der Waals surface area contributed by atoms with Gasteiger partial charge in [-0.05, 0) is 51.7 Å². The molecule has 2 rings (SSSR count). The van der Waals surface area contributed by atoms with Gasteiger partial charge in [0.15, 0.2) is 5.78 Å². The lowest BCUT2D eigenvalue weighted by atomic mass is 10.0. The van der Waals surface area contributed by atoms with Crippen molar-refractivity contribution in [3.05, 3.63) is 34.3 Å². The van der Waals surface area contributed by atoms with E-state index >= 15 is 0 Å². The van der Waals surface area contributed by atoms with Gasteiger partial charge in [-0.1, -0.05) is 35.0 Å². The van der Waals surface area contributed by atoms with Crippen LogP contribution < -0.4 is 0 Å². The molecule has 1 aliphatic rings. The zero-order valence-corrected chi connectivity index (χ0v) is 13.9. The highest BCUT2D eigenvalue weighted by Gasteiger charge is 2.23. The zero-order valence-electron chi connectivity index (χ0n) is 12.3. The summed E-state index contributed by atoms with van der Waals surface area (Å²) in [5.41, 5.74) is 0.789. The maximum Gasteiger partial charge on any atom is 0.176 e. The molecule has 20 heavy (non-hydrogen) atoms.